The summed E-state index contributed by atoms with van der Waals surface area (Å²) in [7, 11) is -3.99. The third-order valence-corrected chi connectivity index (χ3v) is 6.73. The zero-order valence-corrected chi connectivity index (χ0v) is 19.4. The average Bonchev–Trinajstić information content (AvgIpc) is 2.71. The van der Waals surface area contributed by atoms with Gasteiger partial charge < -0.3 is 5.32 Å². The molecule has 0 aliphatic carbocycles. The number of hydrogen-bond acceptors (Lipinski definition) is 4. The highest BCUT2D eigenvalue weighted by Crippen LogP contribution is 2.26. The molecule has 0 aliphatic heterocycles. The lowest BCUT2D eigenvalue weighted by Gasteiger charge is -2.25. The normalized spacial score (nSPS) is 11.1. The second-order valence-electron chi connectivity index (χ2n) is 7.86. The Bertz CT molecular complexity index is 1250. The number of benzene rings is 3. The molecule has 0 unspecified atom stereocenters. The van der Waals surface area contributed by atoms with E-state index in [1.165, 1.54) is 19.1 Å². The zero-order chi connectivity index (χ0) is 23.5. The molecule has 3 aromatic carbocycles. The van der Waals surface area contributed by atoms with Crippen molar-refractivity contribution in [1.82, 2.24) is 0 Å². The van der Waals surface area contributed by atoms with Crippen LogP contribution in [0.3, 0.4) is 0 Å². The maximum atomic E-state index is 13.5. The summed E-state index contributed by atoms with van der Waals surface area (Å²) in [6, 6.07) is 18.5. The predicted molar refractivity (Wildman–Crippen MR) is 127 cm³/mol. The van der Waals surface area contributed by atoms with Crippen LogP contribution in [0.1, 0.15) is 34.0 Å². The summed E-state index contributed by atoms with van der Waals surface area (Å²) >= 11 is 0. The first kappa shape index (κ1) is 23.2. The Hall–Kier alpha value is -3.45. The Kier molecular flexibility index (Phi) is 6.79. The van der Waals surface area contributed by atoms with Gasteiger partial charge in [-0.25, -0.2) is 8.42 Å². The number of nitrogens with zero attached hydrogens (tertiary/aromatic N) is 1. The molecule has 0 saturated carbocycles. The first-order chi connectivity index (χ1) is 15.1. The summed E-state index contributed by atoms with van der Waals surface area (Å²) in [6.07, 6.45) is 0. The monoisotopic (exact) mass is 450 g/mol. The minimum atomic E-state index is -3.99. The van der Waals surface area contributed by atoms with Crippen molar-refractivity contribution < 1.29 is 18.0 Å². The molecule has 0 heterocycles. The number of carbonyl (C=O) groups excluding carboxylic acids is 2. The molecule has 3 rings (SSSR count). The minimum Gasteiger partial charge on any atom is -0.324 e. The average molecular weight is 451 g/mol. The van der Waals surface area contributed by atoms with Crippen LogP contribution in [0.2, 0.25) is 0 Å². The Morgan fingerprint density at radius 1 is 0.844 bits per heavy atom. The number of sulfonamides is 1. The van der Waals surface area contributed by atoms with E-state index in [2.05, 4.69) is 5.32 Å². The molecule has 0 atom stereocenters. The van der Waals surface area contributed by atoms with E-state index in [-0.39, 0.29) is 10.7 Å². The van der Waals surface area contributed by atoms with Gasteiger partial charge in [-0.05, 0) is 75.2 Å². The molecular formula is C25H26N2O4S. The van der Waals surface area contributed by atoms with Crippen molar-refractivity contribution in [2.24, 2.45) is 0 Å². The van der Waals surface area contributed by atoms with Crippen LogP contribution >= 0.6 is 0 Å². The first-order valence-electron chi connectivity index (χ1n) is 10.1. The molecule has 0 radical (unpaired) electrons. The van der Waals surface area contributed by atoms with Crippen LogP contribution < -0.4 is 9.62 Å². The molecule has 0 spiro atoms. The number of rotatable bonds is 7. The molecule has 0 bridgehead atoms. The van der Waals surface area contributed by atoms with Crippen LogP contribution in [0.15, 0.2) is 71.6 Å². The van der Waals surface area contributed by atoms with Gasteiger partial charge in [0.15, 0.2) is 5.78 Å². The second-order valence-corrected chi connectivity index (χ2v) is 9.72. The number of ketones is 1. The van der Waals surface area contributed by atoms with Gasteiger partial charge in [0.25, 0.3) is 10.0 Å². The zero-order valence-electron chi connectivity index (χ0n) is 18.5. The number of aryl methyl sites for hydroxylation is 3. The molecule has 0 saturated heterocycles. The Labute approximate surface area is 188 Å². The topological polar surface area (TPSA) is 83.6 Å². The molecular weight excluding hydrogens is 424 g/mol. The molecule has 166 valence electrons. The number of carbonyl (C=O) groups is 2. The van der Waals surface area contributed by atoms with Crippen molar-refractivity contribution in [2.75, 3.05) is 16.2 Å². The maximum Gasteiger partial charge on any atom is 0.264 e. The van der Waals surface area contributed by atoms with Crippen LogP contribution in [0.5, 0.6) is 0 Å². The quantitative estimate of drug-likeness (QED) is 0.531. The van der Waals surface area contributed by atoms with Crippen LogP contribution in [0.4, 0.5) is 11.4 Å². The van der Waals surface area contributed by atoms with E-state index in [1.807, 2.05) is 26.8 Å². The summed E-state index contributed by atoms with van der Waals surface area (Å²) in [6.45, 7) is 6.65. The standard InChI is InChI=1S/C25H26N2O4S/c1-17-8-10-24(11-9-17)32(30,31)27(23-13-18(2)12-19(3)14-23)16-25(29)26-22-7-5-6-21(15-22)20(4)28/h5-15H,16H2,1-4H3,(H,26,29). The van der Waals surface area contributed by atoms with Crippen LogP contribution in [0.25, 0.3) is 0 Å². The lowest BCUT2D eigenvalue weighted by Crippen LogP contribution is -2.38. The van der Waals surface area contributed by atoms with E-state index >= 15 is 0 Å². The van der Waals surface area contributed by atoms with Gasteiger partial charge in [-0.2, -0.15) is 0 Å². The van der Waals surface area contributed by atoms with Gasteiger partial charge in [0.2, 0.25) is 5.91 Å². The fourth-order valence-electron chi connectivity index (χ4n) is 3.39. The van der Waals surface area contributed by atoms with Gasteiger partial charge in [0.1, 0.15) is 6.54 Å². The fourth-order valence-corrected chi connectivity index (χ4v) is 4.80. The van der Waals surface area contributed by atoms with Gasteiger partial charge in [0, 0.05) is 11.3 Å². The van der Waals surface area contributed by atoms with Gasteiger partial charge in [-0.3, -0.25) is 13.9 Å². The van der Waals surface area contributed by atoms with E-state index in [4.69, 9.17) is 0 Å². The van der Waals surface area contributed by atoms with Crippen molar-refractivity contribution in [3.63, 3.8) is 0 Å². The Morgan fingerprint density at radius 2 is 1.47 bits per heavy atom. The fraction of sp³-hybridized carbons (Fsp3) is 0.200. The second kappa shape index (κ2) is 9.36. The van der Waals surface area contributed by atoms with Crippen LogP contribution in [-0.2, 0) is 14.8 Å². The summed E-state index contributed by atoms with van der Waals surface area (Å²) in [5.74, 6) is -0.638. The van der Waals surface area contributed by atoms with E-state index in [0.717, 1.165) is 21.0 Å². The Balaban J connectivity index is 1.97. The van der Waals surface area contributed by atoms with Crippen molar-refractivity contribution in [2.45, 2.75) is 32.6 Å². The lowest BCUT2D eigenvalue weighted by molar-refractivity contribution is -0.114. The Morgan fingerprint density at radius 3 is 2.06 bits per heavy atom. The third kappa shape index (κ3) is 5.42. The number of anilines is 2. The predicted octanol–water partition coefficient (Wildman–Crippen LogP) is 4.65. The summed E-state index contributed by atoms with van der Waals surface area (Å²) in [5, 5.41) is 2.70. The molecule has 0 aliphatic rings. The van der Waals surface area contributed by atoms with Gasteiger partial charge >= 0.3 is 0 Å². The van der Waals surface area contributed by atoms with E-state index in [1.54, 1.807) is 48.5 Å². The summed E-state index contributed by atoms with van der Waals surface area (Å²) in [4.78, 5) is 24.6. The molecule has 1 amide bonds. The van der Waals surface area contributed by atoms with Crippen molar-refractivity contribution >= 4 is 33.1 Å². The molecule has 0 aromatic heterocycles. The minimum absolute atomic E-state index is 0.105. The lowest BCUT2D eigenvalue weighted by atomic mass is 10.1. The number of hydrogen-bond donors (Lipinski definition) is 1. The molecule has 6 nitrogen and oxygen atoms in total. The highest BCUT2D eigenvalue weighted by Gasteiger charge is 2.27. The van der Waals surface area contributed by atoms with Gasteiger partial charge in [0.05, 0.1) is 10.6 Å². The van der Waals surface area contributed by atoms with Crippen LogP contribution in [-0.4, -0.2) is 26.7 Å². The smallest absolute Gasteiger partial charge is 0.264 e. The largest absolute Gasteiger partial charge is 0.324 e. The van der Waals surface area contributed by atoms with E-state index < -0.39 is 22.5 Å². The van der Waals surface area contributed by atoms with Gasteiger partial charge in [-0.1, -0.05) is 35.9 Å². The number of nitrogens with one attached hydrogen (secondary N) is 1. The first-order valence-corrected chi connectivity index (χ1v) is 11.6. The molecule has 0 fully saturated rings. The highest BCUT2D eigenvalue weighted by molar-refractivity contribution is 7.92. The van der Waals surface area contributed by atoms with Crippen LogP contribution in [0, 0.1) is 20.8 Å². The summed E-state index contributed by atoms with van der Waals surface area (Å²) in [5.41, 5.74) is 4.01. The van der Waals surface area contributed by atoms with Crippen molar-refractivity contribution in [1.29, 1.82) is 0 Å². The van der Waals surface area contributed by atoms with Crippen molar-refractivity contribution in [3.8, 4) is 0 Å². The highest BCUT2D eigenvalue weighted by atomic mass is 32.2. The maximum absolute atomic E-state index is 13.5. The van der Waals surface area contributed by atoms with Crippen molar-refractivity contribution in [3.05, 3.63) is 89.0 Å². The SMILES string of the molecule is CC(=O)c1cccc(NC(=O)CN(c2cc(C)cc(C)c2)S(=O)(=O)c2ccc(C)cc2)c1. The van der Waals surface area contributed by atoms with E-state index in [0.29, 0.717) is 16.9 Å². The third-order valence-electron chi connectivity index (χ3n) is 4.94. The summed E-state index contributed by atoms with van der Waals surface area (Å²) < 4.78 is 28.1. The molecule has 7 heteroatoms. The molecule has 1 N–H and O–H groups in total. The number of amides is 1. The van der Waals surface area contributed by atoms with Gasteiger partial charge in [-0.15, -0.1) is 0 Å². The molecule has 3 aromatic rings. The number of Topliss-reactive ketones (excluding diaryl/α,β-unsaturated/α-hetero) is 1. The molecule has 32 heavy (non-hydrogen) atoms. The van der Waals surface area contributed by atoms with E-state index in [9.17, 15) is 18.0 Å².